The molecule has 0 aromatic rings. The average Bonchev–Trinajstić information content (AvgIpc) is 2.50. The van der Waals surface area contributed by atoms with Crippen LogP contribution in [0.3, 0.4) is 0 Å². The van der Waals surface area contributed by atoms with Gasteiger partial charge in [0.15, 0.2) is 6.29 Å². The molecular weight excluding hydrogens is 164 g/mol. The van der Waals surface area contributed by atoms with Crippen molar-refractivity contribution in [2.75, 3.05) is 6.61 Å². The van der Waals surface area contributed by atoms with Crippen LogP contribution >= 0.6 is 0 Å². The van der Waals surface area contributed by atoms with E-state index in [0.29, 0.717) is 6.61 Å². The molecule has 0 spiro atoms. The van der Waals surface area contributed by atoms with Gasteiger partial charge in [0.2, 0.25) is 0 Å². The monoisotopic (exact) mass is 184 g/mol. The van der Waals surface area contributed by atoms with E-state index >= 15 is 0 Å². The first-order valence-corrected chi connectivity index (χ1v) is 4.97. The Hall–Kier alpha value is -0.0800. The third-order valence-electron chi connectivity index (χ3n) is 2.37. The fourth-order valence-corrected chi connectivity index (χ4v) is 1.36. The standard InChI is InChI=1S/C11H20O2/c1-6-8(2)9-7-12-10(13-9)11(3,4)5/h2,8-10H,6-7H2,1,3-5H3. The van der Waals surface area contributed by atoms with Crippen LogP contribution in [-0.4, -0.2) is 19.0 Å². The summed E-state index contributed by atoms with van der Waals surface area (Å²) in [5.41, 5.74) is 0.0439. The van der Waals surface area contributed by atoms with E-state index < -0.39 is 0 Å². The maximum Gasteiger partial charge on any atom is 0.162 e. The maximum absolute atomic E-state index is 5.88. The van der Waals surface area contributed by atoms with Gasteiger partial charge in [0.05, 0.1) is 12.7 Å². The third-order valence-corrected chi connectivity index (χ3v) is 2.37. The maximum atomic E-state index is 5.88. The van der Waals surface area contributed by atoms with Crippen molar-refractivity contribution in [1.29, 1.82) is 0 Å². The summed E-state index contributed by atoms with van der Waals surface area (Å²) in [6, 6.07) is 0. The molecule has 2 heteroatoms. The summed E-state index contributed by atoms with van der Waals surface area (Å²) in [4.78, 5) is 0. The predicted molar refractivity (Wildman–Crippen MR) is 52.1 cm³/mol. The number of ether oxygens (including phenoxy) is 2. The van der Waals surface area contributed by atoms with Crippen molar-refractivity contribution in [3.8, 4) is 0 Å². The van der Waals surface area contributed by atoms with Crippen molar-refractivity contribution in [3.63, 3.8) is 0 Å². The summed E-state index contributed by atoms with van der Waals surface area (Å²) in [6.07, 6.45) is 0.912. The lowest BCUT2D eigenvalue weighted by Gasteiger charge is -2.26. The molecule has 3 atom stereocenters. The first-order chi connectivity index (χ1) is 5.95. The smallest absolute Gasteiger partial charge is 0.162 e. The lowest BCUT2D eigenvalue weighted by Crippen LogP contribution is -2.29. The van der Waals surface area contributed by atoms with Crippen LogP contribution in [0.2, 0.25) is 0 Å². The average molecular weight is 184 g/mol. The molecule has 1 fully saturated rings. The lowest BCUT2D eigenvalue weighted by atomic mass is 9.96. The molecule has 3 unspecified atom stereocenters. The number of hydrogen-bond donors (Lipinski definition) is 0. The molecule has 76 valence electrons. The zero-order valence-corrected chi connectivity index (χ0v) is 9.04. The van der Waals surface area contributed by atoms with Gasteiger partial charge in [0.25, 0.3) is 0 Å². The first-order valence-electron chi connectivity index (χ1n) is 4.97. The van der Waals surface area contributed by atoms with E-state index in [1.165, 1.54) is 0 Å². The summed E-state index contributed by atoms with van der Waals surface area (Å²) in [6.45, 7) is 14.9. The Morgan fingerprint density at radius 1 is 1.46 bits per heavy atom. The van der Waals surface area contributed by atoms with Crippen molar-refractivity contribution in [3.05, 3.63) is 6.92 Å². The predicted octanol–water partition coefficient (Wildman–Crippen LogP) is 2.51. The van der Waals surface area contributed by atoms with E-state index in [4.69, 9.17) is 16.4 Å². The van der Waals surface area contributed by atoms with E-state index in [-0.39, 0.29) is 23.7 Å². The molecule has 0 saturated carbocycles. The van der Waals surface area contributed by atoms with Crippen LogP contribution in [0.4, 0.5) is 0 Å². The quantitative estimate of drug-likeness (QED) is 0.656. The summed E-state index contributed by atoms with van der Waals surface area (Å²) < 4.78 is 11.3. The normalized spacial score (nSPS) is 32.1. The zero-order valence-electron chi connectivity index (χ0n) is 9.04. The molecule has 0 aliphatic carbocycles. The molecule has 0 aromatic heterocycles. The molecule has 0 N–H and O–H groups in total. The highest BCUT2D eigenvalue weighted by Gasteiger charge is 2.36. The summed E-state index contributed by atoms with van der Waals surface area (Å²) >= 11 is 0. The molecule has 1 aliphatic heterocycles. The van der Waals surface area contributed by atoms with Gasteiger partial charge >= 0.3 is 0 Å². The van der Waals surface area contributed by atoms with E-state index in [1.807, 2.05) is 0 Å². The Bertz CT molecular complexity index is 160. The Kier molecular flexibility index (Phi) is 3.36. The number of rotatable bonds is 2. The third kappa shape index (κ3) is 2.68. The van der Waals surface area contributed by atoms with E-state index in [1.54, 1.807) is 0 Å². The molecule has 13 heavy (non-hydrogen) atoms. The van der Waals surface area contributed by atoms with Crippen LogP contribution in [0.15, 0.2) is 0 Å². The fraction of sp³-hybridized carbons (Fsp3) is 0.909. The van der Waals surface area contributed by atoms with Crippen molar-refractivity contribution < 1.29 is 9.47 Å². The topological polar surface area (TPSA) is 18.5 Å². The minimum atomic E-state index is -0.102. The van der Waals surface area contributed by atoms with Gasteiger partial charge in [-0.1, -0.05) is 34.1 Å². The fourth-order valence-electron chi connectivity index (χ4n) is 1.36. The van der Waals surface area contributed by atoms with Crippen LogP contribution in [0, 0.1) is 18.3 Å². The van der Waals surface area contributed by atoms with Gasteiger partial charge in [-0.05, 0) is 12.8 Å². The minimum absolute atomic E-state index is 0.0439. The molecule has 0 bridgehead atoms. The van der Waals surface area contributed by atoms with Crippen molar-refractivity contribution in [2.45, 2.75) is 46.5 Å². The van der Waals surface area contributed by atoms with Gasteiger partial charge in [-0.25, -0.2) is 0 Å². The van der Waals surface area contributed by atoms with Gasteiger partial charge in [-0.3, -0.25) is 0 Å². The molecule has 0 amide bonds. The summed E-state index contributed by atoms with van der Waals surface area (Å²) in [5.74, 6) is 0.104. The van der Waals surface area contributed by atoms with Gasteiger partial charge in [0.1, 0.15) is 0 Å². The number of hydrogen-bond acceptors (Lipinski definition) is 2. The summed E-state index contributed by atoms with van der Waals surface area (Å²) in [5, 5.41) is 0. The first kappa shape index (κ1) is 11.0. The van der Waals surface area contributed by atoms with Crippen molar-refractivity contribution in [1.82, 2.24) is 0 Å². The van der Waals surface area contributed by atoms with Crippen molar-refractivity contribution >= 4 is 0 Å². The van der Waals surface area contributed by atoms with Crippen LogP contribution < -0.4 is 0 Å². The minimum Gasteiger partial charge on any atom is -0.349 e. The van der Waals surface area contributed by atoms with Crippen LogP contribution in [0.1, 0.15) is 34.1 Å². The van der Waals surface area contributed by atoms with Crippen LogP contribution in [0.25, 0.3) is 0 Å². The second-order valence-corrected chi connectivity index (χ2v) is 4.78. The largest absolute Gasteiger partial charge is 0.349 e. The molecule has 0 aromatic carbocycles. The molecule has 1 saturated heterocycles. The van der Waals surface area contributed by atoms with E-state index in [0.717, 1.165) is 6.42 Å². The second-order valence-electron chi connectivity index (χ2n) is 4.78. The van der Waals surface area contributed by atoms with E-state index in [2.05, 4.69) is 27.7 Å². The molecule has 2 radical (unpaired) electrons. The molecule has 1 aliphatic rings. The van der Waals surface area contributed by atoms with Crippen molar-refractivity contribution in [2.24, 2.45) is 11.3 Å². The van der Waals surface area contributed by atoms with Gasteiger partial charge in [0, 0.05) is 5.41 Å². The Labute approximate surface area is 81.6 Å². The van der Waals surface area contributed by atoms with Gasteiger partial charge in [-0.2, -0.15) is 0 Å². The Morgan fingerprint density at radius 3 is 2.46 bits per heavy atom. The molecule has 1 rings (SSSR count). The Morgan fingerprint density at radius 2 is 2.08 bits per heavy atom. The lowest BCUT2D eigenvalue weighted by molar-refractivity contribution is -0.128. The highest BCUT2D eigenvalue weighted by molar-refractivity contribution is 4.79. The second kappa shape index (κ2) is 3.97. The molecular formula is C11H20O2. The van der Waals surface area contributed by atoms with Gasteiger partial charge in [-0.15, -0.1) is 0 Å². The van der Waals surface area contributed by atoms with Crippen LogP contribution in [-0.2, 0) is 9.47 Å². The van der Waals surface area contributed by atoms with Crippen LogP contribution in [0.5, 0.6) is 0 Å². The van der Waals surface area contributed by atoms with Gasteiger partial charge < -0.3 is 9.47 Å². The molecule has 2 nitrogen and oxygen atoms in total. The van der Waals surface area contributed by atoms with E-state index in [9.17, 15) is 0 Å². The molecule has 1 heterocycles. The Balaban J connectivity index is 2.45. The summed E-state index contributed by atoms with van der Waals surface area (Å²) in [7, 11) is 0. The highest BCUT2D eigenvalue weighted by Crippen LogP contribution is 2.31. The SMILES string of the molecule is [CH]C(CC)C1COC(C(C)(C)C)O1. The highest BCUT2D eigenvalue weighted by atomic mass is 16.7. The zero-order chi connectivity index (χ0) is 10.1.